The molecule has 1 N–H and O–H groups in total. The van der Waals surface area contributed by atoms with Crippen molar-refractivity contribution in [2.45, 2.75) is 13.3 Å². The van der Waals surface area contributed by atoms with Crippen LogP contribution in [0.25, 0.3) is 22.0 Å². The molecule has 33 heavy (non-hydrogen) atoms. The van der Waals surface area contributed by atoms with Gasteiger partial charge in [0.15, 0.2) is 11.6 Å². The monoisotopic (exact) mass is 474 g/mol. The minimum absolute atomic E-state index is 0.197. The maximum atomic E-state index is 15.0. The molecule has 0 radical (unpaired) electrons. The van der Waals surface area contributed by atoms with Crippen LogP contribution in [0.5, 0.6) is 11.6 Å². The predicted molar refractivity (Wildman–Crippen MR) is 117 cm³/mol. The molecule has 0 aliphatic rings. The Morgan fingerprint density at radius 1 is 1.03 bits per heavy atom. The van der Waals surface area contributed by atoms with Crippen molar-refractivity contribution in [1.29, 1.82) is 0 Å². The van der Waals surface area contributed by atoms with E-state index in [9.17, 15) is 21.6 Å². The van der Waals surface area contributed by atoms with E-state index in [1.165, 1.54) is 18.3 Å². The molecule has 0 amide bonds. The highest BCUT2D eigenvalue weighted by molar-refractivity contribution is 7.92. The second-order valence-electron chi connectivity index (χ2n) is 7.01. The number of rotatable bonds is 7. The molecule has 4 aromatic rings. The van der Waals surface area contributed by atoms with E-state index in [0.717, 1.165) is 18.5 Å². The van der Waals surface area contributed by atoms with Crippen LogP contribution < -0.4 is 9.46 Å². The molecule has 0 saturated heterocycles. The lowest BCUT2D eigenvalue weighted by Gasteiger charge is -2.13. The number of nitrogens with zero attached hydrogens (tertiary/aromatic N) is 3. The van der Waals surface area contributed by atoms with Gasteiger partial charge < -0.3 is 4.74 Å². The van der Waals surface area contributed by atoms with Crippen LogP contribution >= 0.6 is 0 Å². The number of halogens is 3. The fourth-order valence-electron chi connectivity index (χ4n) is 3.17. The predicted octanol–water partition coefficient (Wildman–Crippen LogP) is 5.05. The normalized spacial score (nSPS) is 11.5. The molecule has 0 bridgehead atoms. The van der Waals surface area contributed by atoms with Crippen LogP contribution in [0.1, 0.15) is 13.3 Å². The maximum absolute atomic E-state index is 15.0. The molecule has 2 aromatic carbocycles. The minimum Gasteiger partial charge on any atom is -0.432 e. The van der Waals surface area contributed by atoms with Crippen molar-refractivity contribution < 1.29 is 26.3 Å². The summed E-state index contributed by atoms with van der Waals surface area (Å²) < 4.78 is 75.1. The van der Waals surface area contributed by atoms with Gasteiger partial charge >= 0.3 is 0 Å². The number of hydrogen-bond acceptors (Lipinski definition) is 6. The van der Waals surface area contributed by atoms with E-state index >= 15 is 0 Å². The van der Waals surface area contributed by atoms with Gasteiger partial charge in [-0.15, -0.1) is 0 Å². The molecule has 2 aromatic heterocycles. The quantitative estimate of drug-likeness (QED) is 0.377. The van der Waals surface area contributed by atoms with Gasteiger partial charge in [-0.1, -0.05) is 13.0 Å². The van der Waals surface area contributed by atoms with E-state index in [2.05, 4.69) is 19.7 Å². The smallest absolute Gasteiger partial charge is 0.232 e. The summed E-state index contributed by atoms with van der Waals surface area (Å²) in [5.41, 5.74) is 0.554. The molecule has 2 heterocycles. The summed E-state index contributed by atoms with van der Waals surface area (Å²) >= 11 is 0. The second kappa shape index (κ2) is 9.02. The summed E-state index contributed by atoms with van der Waals surface area (Å²) in [6, 6.07) is 9.64. The van der Waals surface area contributed by atoms with Crippen molar-refractivity contribution >= 4 is 26.6 Å². The topological polar surface area (TPSA) is 94.1 Å². The Kier molecular flexibility index (Phi) is 6.14. The number of aromatic nitrogens is 3. The van der Waals surface area contributed by atoms with Gasteiger partial charge in [-0.2, -0.15) is 4.39 Å². The standard InChI is InChI=1S/C22H17F3N4O3S/c1-2-10-33(30,31)29-18-8-6-16(23)20(19(18)24)32-22-15-11-13(5-7-17(15)27-12-28-22)14-4-3-9-26-21(14)25/h3-9,11-12,29H,2,10H2,1H3. The van der Waals surface area contributed by atoms with Gasteiger partial charge in [0.25, 0.3) is 0 Å². The summed E-state index contributed by atoms with van der Waals surface area (Å²) in [5, 5.41) is 0.258. The zero-order valence-electron chi connectivity index (χ0n) is 17.2. The molecule has 0 atom stereocenters. The molecule has 0 spiro atoms. The Morgan fingerprint density at radius 2 is 1.85 bits per heavy atom. The van der Waals surface area contributed by atoms with E-state index in [1.807, 2.05) is 0 Å². The summed E-state index contributed by atoms with van der Waals surface area (Å²) in [6.07, 6.45) is 2.77. The summed E-state index contributed by atoms with van der Waals surface area (Å²) in [7, 11) is -3.82. The third-order valence-electron chi connectivity index (χ3n) is 4.65. The van der Waals surface area contributed by atoms with Gasteiger partial charge in [-0.05, 0) is 48.4 Å². The van der Waals surface area contributed by atoms with Crippen LogP contribution in [-0.4, -0.2) is 29.1 Å². The van der Waals surface area contributed by atoms with E-state index < -0.39 is 39.0 Å². The molecule has 4 rings (SSSR count). The van der Waals surface area contributed by atoms with Crippen molar-refractivity contribution in [1.82, 2.24) is 15.0 Å². The van der Waals surface area contributed by atoms with Gasteiger partial charge in [0.1, 0.15) is 6.33 Å². The number of fused-ring (bicyclic) bond motifs is 1. The average molecular weight is 474 g/mol. The fourth-order valence-corrected chi connectivity index (χ4v) is 4.30. The van der Waals surface area contributed by atoms with Crippen molar-refractivity contribution in [2.24, 2.45) is 0 Å². The van der Waals surface area contributed by atoms with Crippen LogP contribution in [-0.2, 0) is 10.0 Å². The van der Waals surface area contributed by atoms with Crippen LogP contribution in [0.3, 0.4) is 0 Å². The first-order chi connectivity index (χ1) is 15.8. The van der Waals surface area contributed by atoms with Gasteiger partial charge in [0.2, 0.25) is 27.6 Å². The van der Waals surface area contributed by atoms with E-state index in [4.69, 9.17) is 4.74 Å². The molecule has 11 heteroatoms. The fraction of sp³-hybridized carbons (Fsp3) is 0.136. The lowest BCUT2D eigenvalue weighted by Crippen LogP contribution is -2.17. The lowest BCUT2D eigenvalue weighted by molar-refractivity contribution is 0.400. The summed E-state index contributed by atoms with van der Waals surface area (Å²) in [5.74, 6) is -4.27. The van der Waals surface area contributed by atoms with Crippen molar-refractivity contribution in [3.8, 4) is 22.8 Å². The Bertz CT molecular complexity index is 1450. The average Bonchev–Trinajstić information content (AvgIpc) is 2.78. The van der Waals surface area contributed by atoms with Gasteiger partial charge in [0, 0.05) is 11.8 Å². The zero-order chi connectivity index (χ0) is 23.6. The minimum atomic E-state index is -3.82. The van der Waals surface area contributed by atoms with Crippen molar-refractivity contribution in [3.63, 3.8) is 0 Å². The van der Waals surface area contributed by atoms with Crippen LogP contribution in [0.15, 0.2) is 55.0 Å². The van der Waals surface area contributed by atoms with E-state index in [-0.39, 0.29) is 22.6 Å². The highest BCUT2D eigenvalue weighted by atomic mass is 32.2. The first-order valence-corrected chi connectivity index (χ1v) is 11.5. The Labute approximate surface area is 187 Å². The molecule has 7 nitrogen and oxygen atoms in total. The first-order valence-electron chi connectivity index (χ1n) is 9.81. The Hall–Kier alpha value is -3.73. The number of hydrogen-bond donors (Lipinski definition) is 1. The van der Waals surface area contributed by atoms with Crippen LogP contribution in [0.4, 0.5) is 18.9 Å². The second-order valence-corrected chi connectivity index (χ2v) is 8.86. The number of sulfonamides is 1. The van der Waals surface area contributed by atoms with Gasteiger partial charge in [0.05, 0.1) is 22.3 Å². The number of benzene rings is 2. The molecule has 0 aliphatic heterocycles. The summed E-state index contributed by atoms with van der Waals surface area (Å²) in [4.78, 5) is 11.7. The maximum Gasteiger partial charge on any atom is 0.232 e. The SMILES string of the molecule is CCCS(=O)(=O)Nc1ccc(F)c(Oc2ncnc3ccc(-c4cccnc4F)cc23)c1F. The van der Waals surface area contributed by atoms with E-state index in [0.29, 0.717) is 17.5 Å². The number of anilines is 1. The lowest BCUT2D eigenvalue weighted by atomic mass is 10.1. The third kappa shape index (κ3) is 4.72. The van der Waals surface area contributed by atoms with Crippen molar-refractivity contribution in [3.05, 3.63) is 72.6 Å². The summed E-state index contributed by atoms with van der Waals surface area (Å²) in [6.45, 7) is 1.65. The number of pyridine rings is 1. The largest absolute Gasteiger partial charge is 0.432 e. The van der Waals surface area contributed by atoms with E-state index in [1.54, 1.807) is 25.1 Å². The Morgan fingerprint density at radius 3 is 2.61 bits per heavy atom. The van der Waals surface area contributed by atoms with Crippen LogP contribution in [0.2, 0.25) is 0 Å². The molecule has 0 aliphatic carbocycles. The molecular weight excluding hydrogens is 457 g/mol. The number of ether oxygens (including phenoxy) is 1. The van der Waals surface area contributed by atoms with Gasteiger partial charge in [-0.3, -0.25) is 4.72 Å². The zero-order valence-corrected chi connectivity index (χ0v) is 18.0. The number of nitrogens with one attached hydrogen (secondary N) is 1. The Balaban J connectivity index is 1.77. The first kappa shape index (κ1) is 22.5. The molecule has 0 unspecified atom stereocenters. The molecular formula is C22H17F3N4O3S. The third-order valence-corrected chi connectivity index (χ3v) is 6.13. The van der Waals surface area contributed by atoms with Crippen LogP contribution in [0, 0.1) is 17.6 Å². The molecule has 170 valence electrons. The highest BCUT2D eigenvalue weighted by Gasteiger charge is 2.21. The highest BCUT2D eigenvalue weighted by Crippen LogP contribution is 2.35. The van der Waals surface area contributed by atoms with Crippen molar-refractivity contribution in [2.75, 3.05) is 10.5 Å². The van der Waals surface area contributed by atoms with Gasteiger partial charge in [-0.25, -0.2) is 32.2 Å². The molecule has 0 fully saturated rings. The molecule has 0 saturated carbocycles.